The normalized spacial score (nSPS) is 10.2. The van der Waals surface area contributed by atoms with Crippen molar-refractivity contribution in [3.05, 3.63) is 58.1 Å². The van der Waals surface area contributed by atoms with Gasteiger partial charge in [-0.3, -0.25) is 0 Å². The highest BCUT2D eigenvalue weighted by molar-refractivity contribution is 9.10. The zero-order valence-corrected chi connectivity index (χ0v) is 14.1. The molecule has 0 radical (unpaired) electrons. The van der Waals surface area contributed by atoms with E-state index in [0.29, 0.717) is 4.99 Å². The molecule has 2 aromatic rings. The summed E-state index contributed by atoms with van der Waals surface area (Å²) in [5.74, 6) is 0.875. The minimum Gasteiger partial charge on any atom is -0.497 e. The second-order valence-electron chi connectivity index (χ2n) is 4.58. The molecule has 0 saturated heterocycles. The van der Waals surface area contributed by atoms with Crippen molar-refractivity contribution in [2.45, 2.75) is 6.42 Å². The van der Waals surface area contributed by atoms with E-state index in [9.17, 15) is 0 Å². The molecule has 2 rings (SSSR count). The maximum atomic E-state index is 5.76. The molecule has 0 aliphatic heterocycles. The Kier molecular flexibility index (Phi) is 5.59. The number of ether oxygens (including phenoxy) is 1. The number of nitrogens with two attached hydrogens (primary N) is 1. The van der Waals surface area contributed by atoms with E-state index in [2.05, 4.69) is 27.3 Å². The van der Waals surface area contributed by atoms with E-state index in [1.165, 1.54) is 5.56 Å². The van der Waals surface area contributed by atoms with Crippen LogP contribution in [0.5, 0.6) is 5.75 Å². The molecule has 0 aromatic heterocycles. The molecule has 3 nitrogen and oxygen atoms in total. The third kappa shape index (κ3) is 4.44. The molecule has 0 spiro atoms. The summed E-state index contributed by atoms with van der Waals surface area (Å²) in [5.41, 5.74) is 8.78. The predicted molar refractivity (Wildman–Crippen MR) is 95.2 cm³/mol. The highest BCUT2D eigenvalue weighted by Crippen LogP contribution is 2.21. The van der Waals surface area contributed by atoms with Gasteiger partial charge in [0.2, 0.25) is 0 Å². The molecule has 2 aromatic carbocycles. The number of methoxy groups -OCH3 is 1. The van der Waals surface area contributed by atoms with Crippen LogP contribution in [0, 0.1) is 0 Å². The third-order valence-corrected chi connectivity index (χ3v) is 3.82. The molecule has 0 atom stereocenters. The largest absolute Gasteiger partial charge is 0.497 e. The SMILES string of the molecule is COc1cccc(CCNc2ccc(Br)cc2C(N)=S)c1. The molecule has 5 heteroatoms. The monoisotopic (exact) mass is 364 g/mol. The first-order chi connectivity index (χ1) is 10.1. The second-order valence-corrected chi connectivity index (χ2v) is 5.94. The lowest BCUT2D eigenvalue weighted by molar-refractivity contribution is 0.414. The first-order valence-corrected chi connectivity index (χ1v) is 7.76. The zero-order chi connectivity index (χ0) is 15.2. The van der Waals surface area contributed by atoms with Crippen LogP contribution in [-0.2, 0) is 6.42 Å². The van der Waals surface area contributed by atoms with E-state index in [4.69, 9.17) is 22.7 Å². The lowest BCUT2D eigenvalue weighted by atomic mass is 10.1. The van der Waals surface area contributed by atoms with Gasteiger partial charge in [-0.1, -0.05) is 40.3 Å². The van der Waals surface area contributed by atoms with Crippen molar-refractivity contribution in [1.82, 2.24) is 0 Å². The Morgan fingerprint density at radius 2 is 2.10 bits per heavy atom. The molecule has 0 unspecified atom stereocenters. The molecule has 0 amide bonds. The van der Waals surface area contributed by atoms with Crippen LogP contribution in [0.15, 0.2) is 46.9 Å². The summed E-state index contributed by atoms with van der Waals surface area (Å²) in [5, 5.41) is 3.38. The average molecular weight is 365 g/mol. The Morgan fingerprint density at radius 3 is 2.81 bits per heavy atom. The zero-order valence-electron chi connectivity index (χ0n) is 11.7. The van der Waals surface area contributed by atoms with Gasteiger partial charge in [-0.25, -0.2) is 0 Å². The molecular weight excluding hydrogens is 348 g/mol. The topological polar surface area (TPSA) is 47.3 Å². The summed E-state index contributed by atoms with van der Waals surface area (Å²) < 4.78 is 6.19. The van der Waals surface area contributed by atoms with Crippen LogP contribution in [0.1, 0.15) is 11.1 Å². The Hall–Kier alpha value is -1.59. The van der Waals surface area contributed by atoms with Crippen molar-refractivity contribution in [2.24, 2.45) is 5.73 Å². The molecule has 21 heavy (non-hydrogen) atoms. The van der Waals surface area contributed by atoms with E-state index in [0.717, 1.165) is 34.4 Å². The summed E-state index contributed by atoms with van der Waals surface area (Å²) in [6.45, 7) is 0.796. The van der Waals surface area contributed by atoms with Gasteiger partial charge < -0.3 is 15.8 Å². The van der Waals surface area contributed by atoms with Gasteiger partial charge in [-0.15, -0.1) is 0 Å². The molecular formula is C16H17BrN2OS. The molecule has 0 saturated carbocycles. The maximum absolute atomic E-state index is 5.76. The second kappa shape index (κ2) is 7.43. The van der Waals surface area contributed by atoms with E-state index in [1.54, 1.807) is 7.11 Å². The minimum atomic E-state index is 0.389. The lowest BCUT2D eigenvalue weighted by Crippen LogP contribution is -2.14. The van der Waals surface area contributed by atoms with Gasteiger partial charge in [0, 0.05) is 22.3 Å². The van der Waals surface area contributed by atoms with Crippen LogP contribution in [-0.4, -0.2) is 18.6 Å². The summed E-state index contributed by atoms with van der Waals surface area (Å²) in [7, 11) is 1.67. The molecule has 0 aliphatic carbocycles. The van der Waals surface area contributed by atoms with Crippen LogP contribution >= 0.6 is 28.1 Å². The highest BCUT2D eigenvalue weighted by Gasteiger charge is 2.05. The number of hydrogen-bond acceptors (Lipinski definition) is 3. The van der Waals surface area contributed by atoms with Crippen molar-refractivity contribution in [3.8, 4) is 5.75 Å². The number of hydrogen-bond donors (Lipinski definition) is 2. The van der Waals surface area contributed by atoms with E-state index < -0.39 is 0 Å². The minimum absolute atomic E-state index is 0.389. The van der Waals surface area contributed by atoms with Crippen LogP contribution in [0.2, 0.25) is 0 Å². The summed E-state index contributed by atoms with van der Waals surface area (Å²) in [4.78, 5) is 0.389. The van der Waals surface area contributed by atoms with Crippen molar-refractivity contribution in [3.63, 3.8) is 0 Å². The van der Waals surface area contributed by atoms with Gasteiger partial charge in [-0.2, -0.15) is 0 Å². The molecule has 0 heterocycles. The molecule has 0 fully saturated rings. The smallest absolute Gasteiger partial charge is 0.119 e. The van der Waals surface area contributed by atoms with Gasteiger partial charge in [0.15, 0.2) is 0 Å². The molecule has 3 N–H and O–H groups in total. The molecule has 0 bridgehead atoms. The Labute approximate surface area is 138 Å². The van der Waals surface area contributed by atoms with Gasteiger partial charge in [0.1, 0.15) is 10.7 Å². The summed E-state index contributed by atoms with van der Waals surface area (Å²) in [6.07, 6.45) is 0.893. The lowest BCUT2D eigenvalue weighted by Gasteiger charge is -2.12. The first kappa shape index (κ1) is 15.8. The number of nitrogens with one attached hydrogen (secondary N) is 1. The van der Waals surface area contributed by atoms with E-state index in [1.807, 2.05) is 36.4 Å². The van der Waals surface area contributed by atoms with Gasteiger partial charge in [-0.05, 0) is 42.3 Å². The molecule has 0 aliphatic rings. The van der Waals surface area contributed by atoms with Gasteiger partial charge in [0.25, 0.3) is 0 Å². The quantitative estimate of drug-likeness (QED) is 0.766. The van der Waals surface area contributed by atoms with Crippen LogP contribution < -0.4 is 15.8 Å². The van der Waals surface area contributed by atoms with E-state index in [-0.39, 0.29) is 0 Å². The fourth-order valence-corrected chi connectivity index (χ4v) is 2.57. The van der Waals surface area contributed by atoms with Gasteiger partial charge in [0.05, 0.1) is 7.11 Å². The summed E-state index contributed by atoms with van der Waals surface area (Å²) in [6, 6.07) is 13.9. The fraction of sp³-hybridized carbons (Fsp3) is 0.188. The number of benzene rings is 2. The van der Waals surface area contributed by atoms with Crippen LogP contribution in [0.3, 0.4) is 0 Å². The van der Waals surface area contributed by atoms with Crippen molar-refractivity contribution < 1.29 is 4.74 Å². The first-order valence-electron chi connectivity index (χ1n) is 6.56. The van der Waals surface area contributed by atoms with Crippen molar-refractivity contribution in [2.75, 3.05) is 19.0 Å². The van der Waals surface area contributed by atoms with Gasteiger partial charge >= 0.3 is 0 Å². The number of rotatable bonds is 6. The van der Waals surface area contributed by atoms with Crippen molar-refractivity contribution in [1.29, 1.82) is 0 Å². The molecule has 110 valence electrons. The van der Waals surface area contributed by atoms with Crippen LogP contribution in [0.4, 0.5) is 5.69 Å². The average Bonchev–Trinajstić information content (AvgIpc) is 2.48. The standard InChI is InChI=1S/C16H17BrN2OS/c1-20-13-4-2-3-11(9-13)7-8-19-15-6-5-12(17)10-14(15)16(18)21/h2-6,9-10,19H,7-8H2,1H3,(H2,18,21). The van der Waals surface area contributed by atoms with E-state index >= 15 is 0 Å². The number of anilines is 1. The highest BCUT2D eigenvalue weighted by atomic mass is 79.9. The van der Waals surface area contributed by atoms with Crippen LogP contribution in [0.25, 0.3) is 0 Å². The van der Waals surface area contributed by atoms with Crippen molar-refractivity contribution >= 4 is 38.8 Å². The Bertz CT molecular complexity index is 646. The predicted octanol–water partition coefficient (Wildman–Crippen LogP) is 3.75. The number of thiocarbonyl (C=S) groups is 1. The Morgan fingerprint density at radius 1 is 1.29 bits per heavy atom. The Balaban J connectivity index is 2.01. The fourth-order valence-electron chi connectivity index (χ4n) is 2.04. The third-order valence-electron chi connectivity index (χ3n) is 3.11. The number of halogens is 1. The maximum Gasteiger partial charge on any atom is 0.119 e. The summed E-state index contributed by atoms with van der Waals surface area (Å²) >= 11 is 8.51.